The lowest BCUT2D eigenvalue weighted by Crippen LogP contribution is -2.49. The van der Waals surface area contributed by atoms with Crippen LogP contribution in [-0.2, 0) is 4.79 Å². The van der Waals surface area contributed by atoms with Crippen molar-refractivity contribution in [2.24, 2.45) is 0 Å². The fraction of sp³-hybridized carbons (Fsp3) is 0.385. The van der Waals surface area contributed by atoms with Crippen LogP contribution < -0.4 is 5.32 Å². The number of piperidine rings is 1. The van der Waals surface area contributed by atoms with Gasteiger partial charge in [-0.15, -0.1) is 0 Å². The van der Waals surface area contributed by atoms with E-state index in [0.29, 0.717) is 18.7 Å². The van der Waals surface area contributed by atoms with E-state index in [9.17, 15) is 19.7 Å². The monoisotopic (exact) mass is 293 g/mol. The fourth-order valence-corrected chi connectivity index (χ4v) is 2.29. The van der Waals surface area contributed by atoms with Crippen LogP contribution in [0.15, 0.2) is 24.3 Å². The predicted molar refractivity (Wildman–Crippen MR) is 74.1 cm³/mol. The number of carboxylic acid groups (broad SMARTS) is 1. The molecule has 112 valence electrons. The van der Waals surface area contributed by atoms with E-state index in [1.54, 1.807) is 0 Å². The first-order valence-electron chi connectivity index (χ1n) is 6.54. The lowest BCUT2D eigenvalue weighted by molar-refractivity contribution is -0.384. The number of anilines is 1. The molecule has 0 bridgehead atoms. The van der Waals surface area contributed by atoms with Crippen LogP contribution in [-0.4, -0.2) is 39.5 Å². The highest BCUT2D eigenvalue weighted by molar-refractivity contribution is 5.92. The molecule has 21 heavy (non-hydrogen) atoms. The van der Waals surface area contributed by atoms with Gasteiger partial charge in [-0.2, -0.15) is 0 Å². The van der Waals surface area contributed by atoms with Crippen LogP contribution in [0.2, 0.25) is 0 Å². The van der Waals surface area contributed by atoms with E-state index < -0.39 is 23.0 Å². The second kappa shape index (κ2) is 6.21. The number of hydrogen-bond acceptors (Lipinski definition) is 4. The Labute approximate surface area is 120 Å². The van der Waals surface area contributed by atoms with E-state index in [0.717, 1.165) is 12.8 Å². The third-order valence-corrected chi connectivity index (χ3v) is 3.38. The molecule has 2 amide bonds. The first-order chi connectivity index (χ1) is 9.99. The molecule has 0 saturated carbocycles. The summed E-state index contributed by atoms with van der Waals surface area (Å²) in [6.45, 7) is 0.385. The van der Waals surface area contributed by atoms with Crippen LogP contribution >= 0.6 is 0 Å². The van der Waals surface area contributed by atoms with Crippen LogP contribution in [0.25, 0.3) is 0 Å². The third kappa shape index (κ3) is 3.47. The molecule has 0 radical (unpaired) electrons. The van der Waals surface area contributed by atoms with Gasteiger partial charge in [0.05, 0.1) is 4.92 Å². The second-order valence-corrected chi connectivity index (χ2v) is 4.78. The molecular formula is C13H15N3O5. The number of benzene rings is 1. The van der Waals surface area contributed by atoms with Gasteiger partial charge in [0.25, 0.3) is 5.69 Å². The fourth-order valence-electron chi connectivity index (χ4n) is 2.29. The zero-order valence-corrected chi connectivity index (χ0v) is 11.2. The molecule has 1 heterocycles. The van der Waals surface area contributed by atoms with Gasteiger partial charge >= 0.3 is 12.0 Å². The van der Waals surface area contributed by atoms with Gasteiger partial charge in [0.1, 0.15) is 6.04 Å². The molecule has 1 aromatic rings. The minimum absolute atomic E-state index is 0.0746. The molecule has 1 atom stereocenters. The summed E-state index contributed by atoms with van der Waals surface area (Å²) in [6.07, 6.45) is 1.97. The number of nitro benzene ring substituents is 1. The Morgan fingerprint density at radius 1 is 1.29 bits per heavy atom. The Kier molecular flexibility index (Phi) is 4.36. The van der Waals surface area contributed by atoms with Gasteiger partial charge in [-0.1, -0.05) is 0 Å². The van der Waals surface area contributed by atoms with Gasteiger partial charge in [-0.05, 0) is 31.4 Å². The summed E-state index contributed by atoms with van der Waals surface area (Å²) in [5.41, 5.74) is 0.315. The van der Waals surface area contributed by atoms with E-state index in [1.165, 1.54) is 29.2 Å². The van der Waals surface area contributed by atoms with Gasteiger partial charge in [0.15, 0.2) is 0 Å². The molecule has 1 aliphatic heterocycles. The number of likely N-dealkylation sites (tertiary alicyclic amines) is 1. The Morgan fingerprint density at radius 2 is 1.95 bits per heavy atom. The number of rotatable bonds is 3. The van der Waals surface area contributed by atoms with E-state index in [2.05, 4.69) is 5.32 Å². The number of carbonyl (C=O) groups is 2. The minimum atomic E-state index is -1.02. The summed E-state index contributed by atoms with van der Waals surface area (Å²) >= 11 is 0. The van der Waals surface area contributed by atoms with E-state index in [1.807, 2.05) is 0 Å². The molecule has 1 saturated heterocycles. The molecule has 1 fully saturated rings. The number of amides is 2. The van der Waals surface area contributed by atoms with Crippen molar-refractivity contribution in [3.05, 3.63) is 34.4 Å². The van der Waals surface area contributed by atoms with Crippen LogP contribution in [0.4, 0.5) is 16.2 Å². The molecular weight excluding hydrogens is 278 g/mol. The molecule has 2 N–H and O–H groups in total. The standard InChI is InChI=1S/C13H15N3O5/c17-12(18)11-3-1-2-8-15(11)13(19)14-9-4-6-10(7-5-9)16(20)21/h4-7,11H,1-3,8H2,(H,14,19)(H,17,18)/t11-/m0/s1. The molecule has 8 nitrogen and oxygen atoms in total. The first kappa shape index (κ1) is 14.8. The highest BCUT2D eigenvalue weighted by Gasteiger charge is 2.31. The molecule has 0 aromatic heterocycles. The molecule has 0 spiro atoms. The number of hydrogen-bond donors (Lipinski definition) is 2. The average Bonchev–Trinajstić information content (AvgIpc) is 2.47. The number of carboxylic acids is 1. The van der Waals surface area contributed by atoms with Crippen molar-refractivity contribution < 1.29 is 19.6 Å². The maximum absolute atomic E-state index is 12.1. The second-order valence-electron chi connectivity index (χ2n) is 4.78. The zero-order valence-electron chi connectivity index (χ0n) is 11.2. The zero-order chi connectivity index (χ0) is 15.4. The third-order valence-electron chi connectivity index (χ3n) is 3.38. The smallest absolute Gasteiger partial charge is 0.326 e. The van der Waals surface area contributed by atoms with Crippen molar-refractivity contribution >= 4 is 23.4 Å². The van der Waals surface area contributed by atoms with Crippen molar-refractivity contribution in [2.45, 2.75) is 25.3 Å². The number of urea groups is 1. The van der Waals surface area contributed by atoms with Crippen LogP contribution in [0, 0.1) is 10.1 Å². The number of nitro groups is 1. The predicted octanol–water partition coefficient (Wildman–Crippen LogP) is 2.07. The first-order valence-corrected chi connectivity index (χ1v) is 6.54. The topological polar surface area (TPSA) is 113 Å². The number of carbonyl (C=O) groups excluding carboxylic acids is 1. The van der Waals surface area contributed by atoms with Gasteiger partial charge in [-0.3, -0.25) is 10.1 Å². The van der Waals surface area contributed by atoms with Crippen LogP contribution in [0.5, 0.6) is 0 Å². The summed E-state index contributed by atoms with van der Waals surface area (Å²) in [5.74, 6) is -1.02. The largest absolute Gasteiger partial charge is 0.480 e. The molecule has 8 heteroatoms. The SMILES string of the molecule is O=C(O)[C@@H]1CCCCN1C(=O)Nc1ccc([N+](=O)[O-])cc1. The van der Waals surface area contributed by atoms with Gasteiger partial charge in [0.2, 0.25) is 0 Å². The average molecular weight is 293 g/mol. The normalized spacial score (nSPS) is 18.1. The summed E-state index contributed by atoms with van der Waals surface area (Å²) in [6, 6.07) is 4.06. The van der Waals surface area contributed by atoms with E-state index in [4.69, 9.17) is 5.11 Å². The maximum atomic E-state index is 12.1. The van der Waals surface area contributed by atoms with Gasteiger partial charge < -0.3 is 15.3 Å². The Bertz CT molecular complexity index is 557. The van der Waals surface area contributed by atoms with E-state index in [-0.39, 0.29) is 5.69 Å². The van der Waals surface area contributed by atoms with Gasteiger partial charge in [0, 0.05) is 24.4 Å². The Balaban J connectivity index is 2.05. The highest BCUT2D eigenvalue weighted by atomic mass is 16.6. The Morgan fingerprint density at radius 3 is 2.52 bits per heavy atom. The van der Waals surface area contributed by atoms with Crippen molar-refractivity contribution in [3.63, 3.8) is 0 Å². The lowest BCUT2D eigenvalue weighted by atomic mass is 10.0. The summed E-state index contributed by atoms with van der Waals surface area (Å²) < 4.78 is 0. The van der Waals surface area contributed by atoms with Crippen LogP contribution in [0.1, 0.15) is 19.3 Å². The van der Waals surface area contributed by atoms with Crippen LogP contribution in [0.3, 0.4) is 0 Å². The van der Waals surface area contributed by atoms with Crippen molar-refractivity contribution in [1.29, 1.82) is 0 Å². The summed E-state index contributed by atoms with van der Waals surface area (Å²) in [7, 11) is 0. The number of aliphatic carboxylic acids is 1. The summed E-state index contributed by atoms with van der Waals surface area (Å²) in [4.78, 5) is 34.6. The molecule has 1 aliphatic rings. The molecule has 1 aromatic carbocycles. The minimum Gasteiger partial charge on any atom is -0.480 e. The quantitative estimate of drug-likeness (QED) is 0.654. The molecule has 2 rings (SSSR count). The van der Waals surface area contributed by atoms with Gasteiger partial charge in [-0.25, -0.2) is 9.59 Å². The van der Waals surface area contributed by atoms with E-state index >= 15 is 0 Å². The molecule has 0 unspecified atom stereocenters. The van der Waals surface area contributed by atoms with Crippen molar-refractivity contribution in [2.75, 3.05) is 11.9 Å². The Hall–Kier alpha value is -2.64. The summed E-state index contributed by atoms with van der Waals surface area (Å²) in [5, 5.41) is 22.2. The number of non-ortho nitro benzene ring substituents is 1. The van der Waals surface area contributed by atoms with Crippen molar-refractivity contribution in [3.8, 4) is 0 Å². The maximum Gasteiger partial charge on any atom is 0.326 e. The number of nitrogens with one attached hydrogen (secondary N) is 1. The lowest BCUT2D eigenvalue weighted by Gasteiger charge is -2.32. The highest BCUT2D eigenvalue weighted by Crippen LogP contribution is 2.20. The van der Waals surface area contributed by atoms with Crippen molar-refractivity contribution in [1.82, 2.24) is 4.90 Å². The number of nitrogens with zero attached hydrogens (tertiary/aromatic N) is 2. The molecule has 0 aliphatic carbocycles.